The zero-order valence-corrected chi connectivity index (χ0v) is 18.0. The Kier molecular flexibility index (Phi) is 12.7. The van der Waals surface area contributed by atoms with Gasteiger partial charge in [0.1, 0.15) is 16.2 Å². The zero-order chi connectivity index (χ0) is 12.9. The van der Waals surface area contributed by atoms with E-state index in [1.807, 2.05) is 6.92 Å². The van der Waals surface area contributed by atoms with Crippen molar-refractivity contribution >= 4 is 56.2 Å². The molecule has 100 valence electrons. The van der Waals surface area contributed by atoms with Crippen LogP contribution in [0.15, 0.2) is 12.7 Å². The second-order valence-electron chi connectivity index (χ2n) is 3.09. The molecule has 17 heavy (non-hydrogen) atoms. The molecule has 11 heteroatoms. The topological polar surface area (TPSA) is 63.2 Å². The fourth-order valence-corrected chi connectivity index (χ4v) is 8.58. The Labute approximate surface area is 114 Å². The van der Waals surface area contributed by atoms with E-state index in [4.69, 9.17) is 21.2 Å². The van der Waals surface area contributed by atoms with Gasteiger partial charge in [-0.05, 0) is 6.42 Å². The number of carbonyl (C=O) groups is 1. The van der Waals surface area contributed by atoms with Gasteiger partial charge in [-0.2, -0.15) is 0 Å². The van der Waals surface area contributed by atoms with Crippen molar-refractivity contribution in [2.45, 2.75) is 19.1 Å². The number of ether oxygens (including phenoxy) is 1. The van der Waals surface area contributed by atoms with E-state index in [-0.39, 0.29) is 11.7 Å². The quantitative estimate of drug-likeness (QED) is 0.166. The van der Waals surface area contributed by atoms with Crippen molar-refractivity contribution in [1.29, 1.82) is 0 Å². The van der Waals surface area contributed by atoms with Gasteiger partial charge < -0.3 is 21.2 Å². The van der Waals surface area contributed by atoms with Gasteiger partial charge in [-0.15, -0.1) is 0 Å². The fourth-order valence-electron chi connectivity index (χ4n) is 0.896. The summed E-state index contributed by atoms with van der Waals surface area (Å²) >= 11 is 0. The summed E-state index contributed by atoms with van der Waals surface area (Å²) < 4.78 is 26.2. The maximum absolute atomic E-state index is 11.0. The third kappa shape index (κ3) is 11.0. The van der Waals surface area contributed by atoms with Crippen LogP contribution in [0.3, 0.4) is 0 Å². The van der Waals surface area contributed by atoms with Crippen molar-refractivity contribution < 1.29 is 26.0 Å². The van der Waals surface area contributed by atoms with Crippen molar-refractivity contribution in [3.63, 3.8) is 0 Å². The Morgan fingerprint density at radius 2 is 2.00 bits per heavy atom. The molecule has 0 saturated heterocycles. The first kappa shape index (κ1) is 17.1. The lowest BCUT2D eigenvalue weighted by Gasteiger charge is -2.14. The van der Waals surface area contributed by atoms with Gasteiger partial charge in [0.2, 0.25) is 0 Å². The molecule has 0 aromatic rings. The van der Waals surface area contributed by atoms with Gasteiger partial charge in [-0.3, -0.25) is 0 Å². The number of carbonyl (C=O) groups excluding carboxylic acids is 1. The van der Waals surface area contributed by atoms with Crippen LogP contribution in [-0.4, -0.2) is 62.0 Å². The Morgan fingerprint density at radius 3 is 2.59 bits per heavy atom. The van der Waals surface area contributed by atoms with Gasteiger partial charge in [-0.1, -0.05) is 13.5 Å². The van der Waals surface area contributed by atoms with Gasteiger partial charge in [-0.25, -0.2) is 4.79 Å². The van der Waals surface area contributed by atoms with Gasteiger partial charge in [0.05, 0.1) is 0 Å². The van der Waals surface area contributed by atoms with E-state index in [1.165, 1.54) is 6.08 Å². The standard InChI is InChI=1S/C6H20O6Si5/c1-3-5(7)8-6(4-2)14-10-16-12-17-11-15-9-13/h3,6H,1,4,14-17H2,2,13H3. The van der Waals surface area contributed by atoms with Gasteiger partial charge in [0.25, 0.3) is 30.0 Å². The Hall–Kier alpha value is 0.134. The van der Waals surface area contributed by atoms with E-state index in [9.17, 15) is 4.79 Å². The van der Waals surface area contributed by atoms with E-state index in [0.717, 1.165) is 16.9 Å². The smallest absolute Gasteiger partial charge is 0.330 e. The summed E-state index contributed by atoms with van der Waals surface area (Å²) in [5, 5.41) is 0. The van der Waals surface area contributed by atoms with Crippen molar-refractivity contribution in [2.24, 2.45) is 0 Å². The lowest BCUT2D eigenvalue weighted by atomic mass is 10.5. The highest BCUT2D eigenvalue weighted by Gasteiger charge is 2.11. The number of esters is 1. The van der Waals surface area contributed by atoms with Crippen LogP contribution in [0.4, 0.5) is 0 Å². The lowest BCUT2D eigenvalue weighted by molar-refractivity contribution is -0.139. The molecule has 0 aromatic heterocycles. The molecule has 0 aliphatic heterocycles. The second-order valence-corrected chi connectivity index (χ2v) is 12.3. The van der Waals surface area contributed by atoms with Crippen LogP contribution in [-0.2, 0) is 26.0 Å². The van der Waals surface area contributed by atoms with Crippen LogP contribution in [0.25, 0.3) is 0 Å². The molecule has 0 aliphatic rings. The summed E-state index contributed by atoms with van der Waals surface area (Å²) in [6, 6.07) is 0. The molecular formula is C6H20O6Si5. The first-order valence-electron chi connectivity index (χ1n) is 5.29. The van der Waals surface area contributed by atoms with Gasteiger partial charge >= 0.3 is 5.97 Å². The van der Waals surface area contributed by atoms with E-state index < -0.39 is 39.8 Å². The second kappa shape index (κ2) is 12.6. The van der Waals surface area contributed by atoms with Crippen molar-refractivity contribution in [3.8, 4) is 0 Å². The monoisotopic (exact) mass is 328 g/mol. The molecular weight excluding hydrogens is 308 g/mol. The van der Waals surface area contributed by atoms with E-state index in [0.29, 0.717) is 0 Å². The first-order valence-corrected chi connectivity index (χ1v) is 11.0. The molecule has 6 nitrogen and oxygen atoms in total. The number of hydrogen-bond donors (Lipinski definition) is 0. The van der Waals surface area contributed by atoms with Crippen molar-refractivity contribution in [2.75, 3.05) is 0 Å². The largest absolute Gasteiger partial charge is 0.461 e. The summed E-state index contributed by atoms with van der Waals surface area (Å²) in [5.74, 6) is -0.386. The average Bonchev–Trinajstić information content (AvgIpc) is 2.35. The minimum Gasteiger partial charge on any atom is -0.461 e. The van der Waals surface area contributed by atoms with Gasteiger partial charge in [0, 0.05) is 6.08 Å². The molecule has 0 heterocycles. The third-order valence-corrected chi connectivity index (χ3v) is 8.08. The minimum absolute atomic E-state index is 0.0847. The Bertz CT molecular complexity index is 217. The van der Waals surface area contributed by atoms with Crippen molar-refractivity contribution in [1.82, 2.24) is 0 Å². The highest BCUT2D eigenvalue weighted by molar-refractivity contribution is 6.47. The molecule has 0 aromatic carbocycles. The molecule has 0 fully saturated rings. The summed E-state index contributed by atoms with van der Waals surface area (Å²) in [7, 11) is -2.72. The highest BCUT2D eigenvalue weighted by Crippen LogP contribution is 1.97. The van der Waals surface area contributed by atoms with Gasteiger partial charge in [0.15, 0.2) is 9.76 Å². The highest BCUT2D eigenvalue weighted by atomic mass is 28.4. The molecule has 0 spiro atoms. The fraction of sp³-hybridized carbons (Fsp3) is 0.500. The SMILES string of the molecule is C=CC(=O)OC(CC)[SiH2]O[SiH2]O[SiH2]O[SiH2]O[SiH3]. The molecule has 0 bridgehead atoms. The van der Waals surface area contributed by atoms with Crippen LogP contribution in [0, 0.1) is 0 Å². The number of hydrogen-bond acceptors (Lipinski definition) is 6. The molecule has 0 rings (SSSR count). The average molecular weight is 329 g/mol. The molecule has 1 unspecified atom stereocenters. The predicted molar refractivity (Wildman–Crippen MR) is 78.8 cm³/mol. The van der Waals surface area contributed by atoms with Crippen molar-refractivity contribution in [3.05, 3.63) is 12.7 Å². The summed E-state index contributed by atoms with van der Waals surface area (Å²) in [5.41, 5.74) is -0.0847. The van der Waals surface area contributed by atoms with E-state index >= 15 is 0 Å². The summed E-state index contributed by atoms with van der Waals surface area (Å²) in [6.07, 6.45) is 1.94. The minimum atomic E-state index is -0.950. The van der Waals surface area contributed by atoms with E-state index in [1.54, 1.807) is 0 Å². The molecule has 1 atom stereocenters. The maximum atomic E-state index is 11.0. The normalized spacial score (nSPS) is 15.1. The van der Waals surface area contributed by atoms with Crippen LogP contribution in [0.1, 0.15) is 13.3 Å². The Morgan fingerprint density at radius 1 is 1.35 bits per heavy atom. The lowest BCUT2D eigenvalue weighted by Crippen LogP contribution is -2.27. The third-order valence-electron chi connectivity index (χ3n) is 1.74. The molecule has 0 aliphatic carbocycles. The maximum Gasteiger partial charge on any atom is 0.330 e. The molecule has 0 amide bonds. The van der Waals surface area contributed by atoms with Crippen LogP contribution in [0.5, 0.6) is 0 Å². The molecule has 0 saturated carbocycles. The number of rotatable bonds is 11. The summed E-state index contributed by atoms with van der Waals surface area (Å²) in [6.45, 7) is 5.32. The Balaban J connectivity index is 3.43. The van der Waals surface area contributed by atoms with E-state index in [2.05, 4.69) is 6.58 Å². The van der Waals surface area contributed by atoms with Crippen LogP contribution >= 0.6 is 0 Å². The molecule has 0 radical (unpaired) electrons. The molecule has 0 N–H and O–H groups in total. The van der Waals surface area contributed by atoms with Crippen LogP contribution < -0.4 is 0 Å². The predicted octanol–water partition coefficient (Wildman–Crippen LogP) is -4.12. The van der Waals surface area contributed by atoms with Crippen LogP contribution in [0.2, 0.25) is 0 Å². The first-order chi connectivity index (χ1) is 8.24. The zero-order valence-electron chi connectivity index (χ0n) is 10.3. The summed E-state index contributed by atoms with van der Waals surface area (Å²) in [4.78, 5) is 11.0.